The maximum Gasteiger partial charge on any atom is 0.210 e. The number of carbonyl (C=O) groups is 1. The molecule has 4 nitrogen and oxygen atoms in total. The lowest BCUT2D eigenvalue weighted by Crippen LogP contribution is -2.29. The van der Waals surface area contributed by atoms with Gasteiger partial charge in [0.25, 0.3) is 0 Å². The maximum absolute atomic E-state index is 11.2. The Hall–Kier alpha value is -2.88. The van der Waals surface area contributed by atoms with Gasteiger partial charge in [0.15, 0.2) is 0 Å². The number of benzene rings is 1. The second kappa shape index (κ2) is 6.20. The summed E-state index contributed by atoms with van der Waals surface area (Å²) in [6.45, 7) is 5.70. The predicted molar refractivity (Wildman–Crippen MR) is 101 cm³/mol. The Labute approximate surface area is 147 Å². The number of pyridine rings is 1. The van der Waals surface area contributed by atoms with Crippen molar-refractivity contribution in [2.75, 3.05) is 6.54 Å². The maximum atomic E-state index is 11.2. The molecule has 25 heavy (non-hydrogen) atoms. The van der Waals surface area contributed by atoms with Crippen molar-refractivity contribution in [1.29, 1.82) is 0 Å². The lowest BCUT2D eigenvalue weighted by Gasteiger charge is -2.24. The predicted octanol–water partition coefficient (Wildman–Crippen LogP) is 3.88. The molecule has 1 amide bonds. The molecule has 4 rings (SSSR count). The van der Waals surface area contributed by atoms with Crippen molar-refractivity contribution in [3.8, 4) is 0 Å². The fraction of sp³-hybridized carbons (Fsp3) is 0.238. The minimum absolute atomic E-state index is 0.688. The largest absolute Gasteiger partial charge is 0.340 e. The zero-order chi connectivity index (χ0) is 17.4. The van der Waals surface area contributed by atoms with Gasteiger partial charge >= 0.3 is 0 Å². The van der Waals surface area contributed by atoms with E-state index in [0.717, 1.165) is 19.4 Å². The Balaban J connectivity index is 1.91. The van der Waals surface area contributed by atoms with Crippen molar-refractivity contribution in [2.24, 2.45) is 0 Å². The minimum atomic E-state index is 0.688. The average Bonchev–Trinajstić information content (AvgIpc) is 2.95. The molecule has 0 unspecified atom stereocenters. The summed E-state index contributed by atoms with van der Waals surface area (Å²) in [5, 5.41) is 1.25. The van der Waals surface area contributed by atoms with Gasteiger partial charge in [-0.05, 0) is 49.2 Å². The number of aryl methyl sites for hydroxylation is 1. The Kier molecular flexibility index (Phi) is 3.88. The van der Waals surface area contributed by atoms with Crippen molar-refractivity contribution in [1.82, 2.24) is 14.5 Å². The summed E-state index contributed by atoms with van der Waals surface area (Å²) in [6.07, 6.45) is 7.69. The zero-order valence-corrected chi connectivity index (χ0v) is 14.6. The molecule has 1 aliphatic heterocycles. The van der Waals surface area contributed by atoms with Crippen LogP contribution in [-0.2, 0) is 17.8 Å². The van der Waals surface area contributed by atoms with Gasteiger partial charge in [0.2, 0.25) is 6.41 Å². The van der Waals surface area contributed by atoms with E-state index < -0.39 is 0 Å². The molecule has 0 atom stereocenters. The molecule has 126 valence electrons. The van der Waals surface area contributed by atoms with Gasteiger partial charge in [0, 0.05) is 54.7 Å². The van der Waals surface area contributed by atoms with Gasteiger partial charge in [-0.2, -0.15) is 0 Å². The van der Waals surface area contributed by atoms with Gasteiger partial charge in [0.1, 0.15) is 0 Å². The Morgan fingerprint density at radius 1 is 1.20 bits per heavy atom. The number of rotatable bonds is 3. The van der Waals surface area contributed by atoms with E-state index in [4.69, 9.17) is 0 Å². The van der Waals surface area contributed by atoms with E-state index in [1.807, 2.05) is 29.4 Å². The molecule has 1 aliphatic rings. The second-order valence-corrected chi connectivity index (χ2v) is 6.69. The third-order valence-corrected chi connectivity index (χ3v) is 4.98. The first-order valence-electron chi connectivity index (χ1n) is 8.58. The van der Waals surface area contributed by atoms with Gasteiger partial charge in [-0.1, -0.05) is 11.6 Å². The van der Waals surface area contributed by atoms with Crippen LogP contribution in [0.1, 0.15) is 29.3 Å². The molecule has 1 aromatic carbocycles. The molecule has 0 aliphatic carbocycles. The van der Waals surface area contributed by atoms with Crippen molar-refractivity contribution >= 4 is 29.1 Å². The van der Waals surface area contributed by atoms with Crippen molar-refractivity contribution in [3.63, 3.8) is 0 Å². The fourth-order valence-electron chi connectivity index (χ4n) is 3.65. The minimum Gasteiger partial charge on any atom is -0.340 e. The van der Waals surface area contributed by atoms with E-state index in [1.54, 1.807) is 0 Å². The molecule has 0 radical (unpaired) electrons. The quantitative estimate of drug-likeness (QED) is 0.683. The van der Waals surface area contributed by atoms with Gasteiger partial charge in [-0.15, -0.1) is 0 Å². The van der Waals surface area contributed by atoms with Crippen LogP contribution in [0.3, 0.4) is 0 Å². The zero-order valence-electron chi connectivity index (χ0n) is 14.6. The fourth-order valence-corrected chi connectivity index (χ4v) is 3.65. The van der Waals surface area contributed by atoms with E-state index in [2.05, 4.69) is 47.8 Å². The third-order valence-electron chi connectivity index (χ3n) is 4.98. The van der Waals surface area contributed by atoms with Gasteiger partial charge < -0.3 is 9.47 Å². The van der Waals surface area contributed by atoms with Crippen LogP contribution in [0.5, 0.6) is 0 Å². The highest BCUT2D eigenvalue weighted by molar-refractivity contribution is 5.90. The summed E-state index contributed by atoms with van der Waals surface area (Å²) in [4.78, 5) is 17.2. The number of allylic oxidation sites excluding steroid dienone is 1. The number of nitrogens with zero attached hydrogens (tertiary/aromatic N) is 3. The number of hydrogen-bond donors (Lipinski definition) is 0. The Morgan fingerprint density at radius 2 is 2.00 bits per heavy atom. The molecule has 0 bridgehead atoms. The number of aromatic nitrogens is 2. The number of amides is 1. The summed E-state index contributed by atoms with van der Waals surface area (Å²) in [5.41, 5.74) is 7.40. The van der Waals surface area contributed by atoms with E-state index in [0.29, 0.717) is 6.54 Å². The molecular formula is C21H21N3O. The normalized spacial score (nSPS) is 14.6. The molecule has 3 aromatic rings. The highest BCUT2D eigenvalue weighted by atomic mass is 16.1. The molecular weight excluding hydrogens is 310 g/mol. The van der Waals surface area contributed by atoms with Crippen LogP contribution in [0.15, 0.2) is 42.7 Å². The second-order valence-electron chi connectivity index (χ2n) is 6.69. The summed E-state index contributed by atoms with van der Waals surface area (Å²) < 4.78 is 2.31. The molecule has 0 N–H and O–H groups in total. The van der Waals surface area contributed by atoms with Crippen LogP contribution in [0.25, 0.3) is 22.7 Å². The SMILES string of the molecule is C/C(=C\n1c2c(c3cc(C)ccc31)CN(C=O)CC2)c1ccncc1. The highest BCUT2D eigenvalue weighted by Crippen LogP contribution is 2.32. The summed E-state index contributed by atoms with van der Waals surface area (Å²) in [7, 11) is 0. The van der Waals surface area contributed by atoms with E-state index in [1.165, 1.54) is 38.9 Å². The van der Waals surface area contributed by atoms with E-state index in [-0.39, 0.29) is 0 Å². The monoisotopic (exact) mass is 331 g/mol. The summed E-state index contributed by atoms with van der Waals surface area (Å²) >= 11 is 0. The Bertz CT molecular complexity index is 970. The molecule has 2 aromatic heterocycles. The van der Waals surface area contributed by atoms with Crippen LogP contribution in [0.2, 0.25) is 0 Å². The van der Waals surface area contributed by atoms with Gasteiger partial charge in [0.05, 0.1) is 5.52 Å². The van der Waals surface area contributed by atoms with Crippen LogP contribution >= 0.6 is 0 Å². The van der Waals surface area contributed by atoms with Gasteiger partial charge in [-0.25, -0.2) is 0 Å². The van der Waals surface area contributed by atoms with Crippen molar-refractivity contribution < 1.29 is 4.79 Å². The number of hydrogen-bond acceptors (Lipinski definition) is 2. The summed E-state index contributed by atoms with van der Waals surface area (Å²) in [5.74, 6) is 0. The number of carbonyl (C=O) groups excluding carboxylic acids is 1. The summed E-state index contributed by atoms with van der Waals surface area (Å²) in [6, 6.07) is 10.6. The van der Waals surface area contributed by atoms with Crippen LogP contribution in [0, 0.1) is 6.92 Å². The lowest BCUT2D eigenvalue weighted by atomic mass is 10.0. The Morgan fingerprint density at radius 3 is 2.76 bits per heavy atom. The molecule has 0 fully saturated rings. The third kappa shape index (κ3) is 2.74. The number of fused-ring (bicyclic) bond motifs is 3. The first-order chi connectivity index (χ1) is 12.2. The van der Waals surface area contributed by atoms with Crippen LogP contribution < -0.4 is 0 Å². The molecule has 0 saturated heterocycles. The van der Waals surface area contributed by atoms with Crippen molar-refractivity contribution in [2.45, 2.75) is 26.8 Å². The standard InChI is InChI=1S/C21H21N3O/c1-15-3-4-20-18(11-15)19-13-23(14-25)10-7-21(19)24(20)12-16(2)17-5-8-22-9-6-17/h3-6,8-9,11-12,14H,7,10,13H2,1-2H3/b16-12+. The van der Waals surface area contributed by atoms with Crippen LogP contribution in [-0.4, -0.2) is 27.4 Å². The van der Waals surface area contributed by atoms with Crippen molar-refractivity contribution in [3.05, 3.63) is 65.1 Å². The topological polar surface area (TPSA) is 38.1 Å². The average molecular weight is 331 g/mol. The van der Waals surface area contributed by atoms with E-state index in [9.17, 15) is 4.79 Å². The van der Waals surface area contributed by atoms with Gasteiger partial charge in [-0.3, -0.25) is 9.78 Å². The highest BCUT2D eigenvalue weighted by Gasteiger charge is 2.22. The lowest BCUT2D eigenvalue weighted by molar-refractivity contribution is -0.118. The molecule has 0 saturated carbocycles. The molecule has 4 heteroatoms. The molecule has 3 heterocycles. The first-order valence-corrected chi connectivity index (χ1v) is 8.58. The smallest absolute Gasteiger partial charge is 0.210 e. The molecule has 0 spiro atoms. The first kappa shape index (κ1) is 15.6. The van der Waals surface area contributed by atoms with Crippen LogP contribution in [0.4, 0.5) is 0 Å². The van der Waals surface area contributed by atoms with E-state index >= 15 is 0 Å².